The molecule has 0 aliphatic heterocycles. The minimum absolute atomic E-state index is 0.598. The lowest BCUT2D eigenvalue weighted by Crippen LogP contribution is -2.17. The molecule has 2 rings (SSSR count). The van der Waals surface area contributed by atoms with Crippen molar-refractivity contribution in [2.75, 3.05) is 6.54 Å². The van der Waals surface area contributed by atoms with Gasteiger partial charge in [0.15, 0.2) is 0 Å². The number of rotatable bonds is 6. The Bertz CT molecular complexity index is 338. The monoisotopic (exact) mass is 220 g/mol. The van der Waals surface area contributed by atoms with Crippen molar-refractivity contribution in [2.24, 2.45) is 11.3 Å². The Labute approximate surface area is 99.0 Å². The van der Waals surface area contributed by atoms with Gasteiger partial charge in [-0.05, 0) is 42.3 Å². The molecule has 2 nitrogen and oxygen atoms in total. The van der Waals surface area contributed by atoms with E-state index in [0.717, 1.165) is 19.0 Å². The first kappa shape index (κ1) is 11.7. The summed E-state index contributed by atoms with van der Waals surface area (Å²) in [5.74, 6) is 0.894. The Morgan fingerprint density at radius 1 is 1.50 bits per heavy atom. The fourth-order valence-electron chi connectivity index (χ4n) is 2.31. The Balaban J connectivity index is 1.69. The van der Waals surface area contributed by atoms with Gasteiger partial charge in [0, 0.05) is 25.5 Å². The first-order valence-corrected chi connectivity index (χ1v) is 6.47. The molecule has 1 unspecified atom stereocenters. The molecule has 0 spiro atoms. The topological polar surface area (TPSA) is 17.0 Å². The van der Waals surface area contributed by atoms with Crippen LogP contribution in [0.25, 0.3) is 0 Å². The van der Waals surface area contributed by atoms with Gasteiger partial charge < -0.3 is 9.88 Å². The fraction of sp³-hybridized carbons (Fsp3) is 0.714. The van der Waals surface area contributed by atoms with E-state index < -0.39 is 0 Å². The molecule has 0 saturated heterocycles. The highest BCUT2D eigenvalue weighted by Crippen LogP contribution is 2.50. The second-order valence-electron chi connectivity index (χ2n) is 5.78. The molecular formula is C14H24N2. The minimum atomic E-state index is 0.598. The van der Waals surface area contributed by atoms with Crippen molar-refractivity contribution in [1.29, 1.82) is 0 Å². The summed E-state index contributed by atoms with van der Waals surface area (Å²) < 4.78 is 2.28. The lowest BCUT2D eigenvalue weighted by atomic mass is 10.1. The maximum Gasteiger partial charge on any atom is 0.0220 e. The Morgan fingerprint density at radius 2 is 2.25 bits per heavy atom. The van der Waals surface area contributed by atoms with E-state index >= 15 is 0 Å². The first-order valence-electron chi connectivity index (χ1n) is 6.47. The quantitative estimate of drug-likeness (QED) is 0.779. The normalized spacial score (nSPS) is 22.3. The lowest BCUT2D eigenvalue weighted by Gasteiger charge is -2.05. The van der Waals surface area contributed by atoms with Gasteiger partial charge in [-0.15, -0.1) is 0 Å². The van der Waals surface area contributed by atoms with Crippen molar-refractivity contribution in [3.05, 3.63) is 24.0 Å². The zero-order valence-electron chi connectivity index (χ0n) is 10.8. The molecule has 1 saturated carbocycles. The van der Waals surface area contributed by atoms with Crippen molar-refractivity contribution in [3.8, 4) is 0 Å². The molecule has 1 fully saturated rings. The molecule has 0 bridgehead atoms. The predicted molar refractivity (Wildman–Crippen MR) is 68.3 cm³/mol. The minimum Gasteiger partial charge on any atom is -0.354 e. The van der Waals surface area contributed by atoms with E-state index in [4.69, 9.17) is 0 Å². The van der Waals surface area contributed by atoms with Gasteiger partial charge in [-0.3, -0.25) is 0 Å². The molecule has 0 aromatic carbocycles. The van der Waals surface area contributed by atoms with E-state index in [9.17, 15) is 0 Å². The zero-order chi connectivity index (χ0) is 11.6. The highest BCUT2D eigenvalue weighted by atomic mass is 14.9. The molecule has 1 aliphatic carbocycles. The van der Waals surface area contributed by atoms with Gasteiger partial charge in [0.05, 0.1) is 0 Å². The summed E-state index contributed by atoms with van der Waals surface area (Å²) >= 11 is 0. The second kappa shape index (κ2) is 4.62. The van der Waals surface area contributed by atoms with Gasteiger partial charge in [-0.1, -0.05) is 20.8 Å². The Kier molecular flexibility index (Phi) is 3.38. The van der Waals surface area contributed by atoms with Gasteiger partial charge in [0.1, 0.15) is 0 Å². The van der Waals surface area contributed by atoms with Gasteiger partial charge in [0.2, 0.25) is 0 Å². The van der Waals surface area contributed by atoms with Crippen LogP contribution in [-0.4, -0.2) is 11.1 Å². The lowest BCUT2D eigenvalue weighted by molar-refractivity contribution is 0.519. The molecule has 90 valence electrons. The van der Waals surface area contributed by atoms with E-state index in [1.54, 1.807) is 0 Å². The molecule has 16 heavy (non-hydrogen) atoms. The average molecular weight is 220 g/mol. The number of nitrogens with one attached hydrogen (secondary N) is 1. The molecule has 2 heteroatoms. The van der Waals surface area contributed by atoms with Crippen LogP contribution in [0.4, 0.5) is 0 Å². The van der Waals surface area contributed by atoms with Gasteiger partial charge in [-0.25, -0.2) is 0 Å². The molecule has 0 amide bonds. The van der Waals surface area contributed by atoms with Crippen LogP contribution >= 0.6 is 0 Å². The number of hydrogen-bond acceptors (Lipinski definition) is 1. The van der Waals surface area contributed by atoms with Crippen LogP contribution < -0.4 is 5.32 Å². The molecule has 1 aliphatic rings. The molecule has 0 radical (unpaired) electrons. The third-order valence-electron chi connectivity index (χ3n) is 3.73. The van der Waals surface area contributed by atoms with Crippen molar-refractivity contribution in [2.45, 2.75) is 46.7 Å². The van der Waals surface area contributed by atoms with E-state index in [-0.39, 0.29) is 0 Å². The maximum atomic E-state index is 3.56. The standard InChI is InChI=1S/C14H24N2/c1-4-6-16-7-5-12(11-16)9-15-10-13-8-14(13,2)3/h5,7,11,13,15H,4,6,8-10H2,1-3H3. The van der Waals surface area contributed by atoms with Crippen LogP contribution in [-0.2, 0) is 13.1 Å². The highest BCUT2D eigenvalue weighted by molar-refractivity contribution is 5.10. The summed E-state index contributed by atoms with van der Waals surface area (Å²) in [5, 5.41) is 3.56. The number of aryl methyl sites for hydroxylation is 1. The van der Waals surface area contributed by atoms with Crippen molar-refractivity contribution >= 4 is 0 Å². The predicted octanol–water partition coefficient (Wildman–Crippen LogP) is 3.03. The number of aromatic nitrogens is 1. The average Bonchev–Trinajstić information content (AvgIpc) is 2.63. The summed E-state index contributed by atoms with van der Waals surface area (Å²) in [6, 6.07) is 2.22. The van der Waals surface area contributed by atoms with Crippen LogP contribution in [0, 0.1) is 11.3 Å². The van der Waals surface area contributed by atoms with Gasteiger partial charge in [0.25, 0.3) is 0 Å². The largest absolute Gasteiger partial charge is 0.354 e. The zero-order valence-corrected chi connectivity index (χ0v) is 10.8. The summed E-state index contributed by atoms with van der Waals surface area (Å²) in [5.41, 5.74) is 2.01. The molecule has 1 N–H and O–H groups in total. The molecular weight excluding hydrogens is 196 g/mol. The molecule has 1 aromatic heterocycles. The van der Waals surface area contributed by atoms with Gasteiger partial charge >= 0.3 is 0 Å². The first-order chi connectivity index (χ1) is 7.62. The van der Waals surface area contributed by atoms with Crippen LogP contribution in [0.5, 0.6) is 0 Å². The van der Waals surface area contributed by atoms with E-state index in [2.05, 4.69) is 49.1 Å². The summed E-state index contributed by atoms with van der Waals surface area (Å²) in [6.07, 6.45) is 7.03. The Hall–Kier alpha value is -0.760. The van der Waals surface area contributed by atoms with Crippen molar-refractivity contribution in [3.63, 3.8) is 0 Å². The summed E-state index contributed by atoms with van der Waals surface area (Å²) in [6.45, 7) is 10.3. The van der Waals surface area contributed by atoms with Gasteiger partial charge in [-0.2, -0.15) is 0 Å². The smallest absolute Gasteiger partial charge is 0.0220 e. The highest BCUT2D eigenvalue weighted by Gasteiger charge is 2.44. The van der Waals surface area contributed by atoms with E-state index in [1.807, 2.05) is 0 Å². The maximum absolute atomic E-state index is 3.56. The Morgan fingerprint density at radius 3 is 2.88 bits per heavy atom. The fourth-order valence-corrected chi connectivity index (χ4v) is 2.31. The number of hydrogen-bond donors (Lipinski definition) is 1. The summed E-state index contributed by atoms with van der Waals surface area (Å²) in [4.78, 5) is 0. The summed E-state index contributed by atoms with van der Waals surface area (Å²) in [7, 11) is 0. The van der Waals surface area contributed by atoms with Crippen molar-refractivity contribution in [1.82, 2.24) is 9.88 Å². The van der Waals surface area contributed by atoms with Crippen LogP contribution in [0.3, 0.4) is 0 Å². The van der Waals surface area contributed by atoms with Crippen LogP contribution in [0.15, 0.2) is 18.5 Å². The van der Waals surface area contributed by atoms with E-state index in [0.29, 0.717) is 5.41 Å². The molecule has 1 aromatic rings. The second-order valence-corrected chi connectivity index (χ2v) is 5.78. The van der Waals surface area contributed by atoms with E-state index in [1.165, 1.54) is 24.9 Å². The third-order valence-corrected chi connectivity index (χ3v) is 3.73. The van der Waals surface area contributed by atoms with Crippen LogP contribution in [0.2, 0.25) is 0 Å². The van der Waals surface area contributed by atoms with Crippen LogP contribution in [0.1, 0.15) is 39.2 Å². The molecule has 1 heterocycles. The SMILES string of the molecule is CCCn1ccc(CNCC2CC2(C)C)c1. The number of nitrogens with zero attached hydrogens (tertiary/aromatic N) is 1. The molecule has 1 atom stereocenters. The third kappa shape index (κ3) is 2.88. The van der Waals surface area contributed by atoms with Crippen molar-refractivity contribution < 1.29 is 0 Å².